The summed E-state index contributed by atoms with van der Waals surface area (Å²) in [5.41, 5.74) is 5.46. The van der Waals surface area contributed by atoms with Crippen LogP contribution in [0, 0.1) is 16.0 Å². The van der Waals surface area contributed by atoms with Crippen molar-refractivity contribution in [2.75, 3.05) is 6.54 Å². The number of nitrogens with zero attached hydrogens (tertiary/aromatic N) is 2. The molecule has 0 fully saturated rings. The lowest BCUT2D eigenvalue weighted by molar-refractivity contribution is -0.384. The van der Waals surface area contributed by atoms with Gasteiger partial charge in [0.2, 0.25) is 0 Å². The van der Waals surface area contributed by atoms with Gasteiger partial charge in [0.25, 0.3) is 5.69 Å². The number of amidine groups is 1. The number of oxime groups is 1. The first-order chi connectivity index (χ1) is 9.75. The predicted octanol–water partition coefficient (Wildman–Crippen LogP) is 1.61. The van der Waals surface area contributed by atoms with Crippen LogP contribution in [-0.2, 0) is 6.54 Å². The van der Waals surface area contributed by atoms with Crippen molar-refractivity contribution in [1.29, 1.82) is 0 Å². The number of nitro benzene ring substituents is 1. The highest BCUT2D eigenvalue weighted by Gasteiger charge is 2.42. The Labute approximate surface area is 117 Å². The van der Waals surface area contributed by atoms with E-state index in [1.165, 1.54) is 24.3 Å². The van der Waals surface area contributed by atoms with Gasteiger partial charge < -0.3 is 16.3 Å². The Kier molecular flexibility index (Phi) is 5.47. The molecule has 0 saturated carbocycles. The smallest absolute Gasteiger partial charge is 0.400 e. The molecule has 0 heterocycles. The lowest BCUT2D eigenvalue weighted by atomic mass is 10.1. The molecule has 0 aromatic heterocycles. The molecule has 7 nitrogen and oxygen atoms in total. The maximum atomic E-state index is 12.6. The van der Waals surface area contributed by atoms with Gasteiger partial charge in [-0.1, -0.05) is 17.3 Å². The number of halogens is 3. The number of nitro groups is 1. The molecule has 10 heteroatoms. The number of rotatable bonds is 6. The summed E-state index contributed by atoms with van der Waals surface area (Å²) in [5.74, 6) is -3.04. The molecule has 1 rings (SSSR count). The van der Waals surface area contributed by atoms with Crippen molar-refractivity contribution in [1.82, 2.24) is 5.32 Å². The molecule has 0 saturated heterocycles. The Morgan fingerprint density at radius 2 is 2.00 bits per heavy atom. The molecule has 1 atom stereocenters. The van der Waals surface area contributed by atoms with Gasteiger partial charge in [0.15, 0.2) is 5.84 Å². The zero-order chi connectivity index (χ0) is 16.0. The molecule has 0 radical (unpaired) electrons. The van der Waals surface area contributed by atoms with Crippen LogP contribution in [0.5, 0.6) is 0 Å². The summed E-state index contributed by atoms with van der Waals surface area (Å²) in [4.78, 5) is 9.87. The number of hydrogen-bond donors (Lipinski definition) is 3. The third kappa shape index (κ3) is 4.91. The van der Waals surface area contributed by atoms with E-state index >= 15 is 0 Å². The van der Waals surface area contributed by atoms with Crippen LogP contribution in [-0.4, -0.2) is 28.7 Å². The van der Waals surface area contributed by atoms with Crippen LogP contribution in [0.2, 0.25) is 0 Å². The lowest BCUT2D eigenvalue weighted by Gasteiger charge is -2.19. The van der Waals surface area contributed by atoms with Crippen LogP contribution in [0.15, 0.2) is 29.4 Å². The maximum Gasteiger partial charge on any atom is 0.400 e. The minimum absolute atomic E-state index is 0.0588. The topological polar surface area (TPSA) is 114 Å². The van der Waals surface area contributed by atoms with Crippen molar-refractivity contribution >= 4 is 11.5 Å². The first-order valence-electron chi connectivity index (χ1n) is 5.74. The molecule has 4 N–H and O–H groups in total. The fraction of sp³-hybridized carbons (Fsp3) is 0.364. The molecule has 21 heavy (non-hydrogen) atoms. The average Bonchev–Trinajstić information content (AvgIpc) is 2.42. The molecule has 1 aromatic carbocycles. The van der Waals surface area contributed by atoms with Gasteiger partial charge >= 0.3 is 6.18 Å². The summed E-state index contributed by atoms with van der Waals surface area (Å²) in [6, 6.07) is 5.36. The third-order valence-electron chi connectivity index (χ3n) is 2.69. The fourth-order valence-corrected chi connectivity index (χ4v) is 1.55. The number of hydrogen-bond acceptors (Lipinski definition) is 5. The number of nitrogens with two attached hydrogens (primary N) is 1. The highest BCUT2D eigenvalue weighted by molar-refractivity contribution is 5.83. The molecule has 0 aliphatic rings. The van der Waals surface area contributed by atoms with Gasteiger partial charge in [0.1, 0.15) is 5.92 Å². The van der Waals surface area contributed by atoms with Crippen molar-refractivity contribution in [3.05, 3.63) is 39.9 Å². The third-order valence-corrected chi connectivity index (χ3v) is 2.69. The van der Waals surface area contributed by atoms with Crippen molar-refractivity contribution in [2.24, 2.45) is 16.8 Å². The van der Waals surface area contributed by atoms with Crippen LogP contribution >= 0.6 is 0 Å². The molecule has 0 aliphatic carbocycles. The maximum absolute atomic E-state index is 12.6. The van der Waals surface area contributed by atoms with Crippen molar-refractivity contribution in [2.45, 2.75) is 12.7 Å². The SMILES string of the molecule is N/C(=N/O)C(CNCc1ccc([N+](=O)[O-])cc1)C(F)(F)F. The zero-order valence-corrected chi connectivity index (χ0v) is 10.7. The molecule has 0 aliphatic heterocycles. The van der Waals surface area contributed by atoms with Crippen LogP contribution in [0.1, 0.15) is 5.56 Å². The fourth-order valence-electron chi connectivity index (χ4n) is 1.55. The summed E-state index contributed by atoms with van der Waals surface area (Å²) in [6.07, 6.45) is -4.64. The van der Waals surface area contributed by atoms with Crippen LogP contribution < -0.4 is 11.1 Å². The van der Waals surface area contributed by atoms with Gasteiger partial charge in [-0.2, -0.15) is 13.2 Å². The van der Waals surface area contributed by atoms with Crippen molar-refractivity contribution in [3.8, 4) is 0 Å². The molecule has 116 valence electrons. The summed E-state index contributed by atoms with van der Waals surface area (Å²) < 4.78 is 37.9. The second kappa shape index (κ2) is 6.88. The normalized spacial score (nSPS) is 14.0. The van der Waals surface area contributed by atoms with Crippen LogP contribution in [0.3, 0.4) is 0 Å². The van der Waals surface area contributed by atoms with E-state index < -0.39 is 29.4 Å². The van der Waals surface area contributed by atoms with E-state index in [4.69, 9.17) is 10.9 Å². The summed E-state index contributed by atoms with van der Waals surface area (Å²) in [5, 5.41) is 23.7. The van der Waals surface area contributed by atoms with Gasteiger partial charge in [-0.05, 0) is 5.56 Å². The van der Waals surface area contributed by atoms with Crippen LogP contribution in [0.4, 0.5) is 18.9 Å². The van der Waals surface area contributed by atoms with Gasteiger partial charge in [-0.25, -0.2) is 0 Å². The number of non-ortho nitro benzene ring substituents is 1. The van der Waals surface area contributed by atoms with Gasteiger partial charge in [0.05, 0.1) is 4.92 Å². The molecule has 1 unspecified atom stereocenters. The van der Waals surface area contributed by atoms with E-state index in [2.05, 4.69) is 10.5 Å². The van der Waals surface area contributed by atoms with E-state index in [0.717, 1.165) is 0 Å². The average molecular weight is 306 g/mol. The summed E-state index contributed by atoms with van der Waals surface area (Å²) in [7, 11) is 0. The first kappa shape index (κ1) is 16.7. The van der Waals surface area contributed by atoms with E-state index in [-0.39, 0.29) is 12.2 Å². The van der Waals surface area contributed by atoms with E-state index in [9.17, 15) is 23.3 Å². The summed E-state index contributed by atoms with van der Waals surface area (Å²) in [6.45, 7) is -0.514. The van der Waals surface area contributed by atoms with Crippen LogP contribution in [0.25, 0.3) is 0 Å². The number of alkyl halides is 3. The zero-order valence-electron chi connectivity index (χ0n) is 10.7. The Hall–Kier alpha value is -2.36. The van der Waals surface area contributed by atoms with E-state index in [1.54, 1.807) is 0 Å². The standard InChI is InChI=1S/C11H13F3N4O3/c12-11(13,14)9(10(15)17-19)6-16-5-7-1-3-8(4-2-7)18(20)21/h1-4,9,16,19H,5-6H2,(H2,15,17). The quantitative estimate of drug-likeness (QED) is 0.243. The molecule has 0 amide bonds. The van der Waals surface area contributed by atoms with Gasteiger partial charge in [-0.15, -0.1) is 0 Å². The Bertz CT molecular complexity index is 516. The molecule has 0 spiro atoms. The Morgan fingerprint density at radius 3 is 2.43 bits per heavy atom. The minimum Gasteiger partial charge on any atom is -0.409 e. The first-order valence-corrected chi connectivity index (χ1v) is 5.74. The van der Waals surface area contributed by atoms with E-state index in [1.807, 2.05) is 0 Å². The van der Waals surface area contributed by atoms with Crippen molar-refractivity contribution < 1.29 is 23.3 Å². The predicted molar refractivity (Wildman–Crippen MR) is 67.8 cm³/mol. The summed E-state index contributed by atoms with van der Waals surface area (Å²) >= 11 is 0. The Morgan fingerprint density at radius 1 is 1.43 bits per heavy atom. The number of nitrogens with one attached hydrogen (secondary N) is 1. The van der Waals surface area contributed by atoms with Gasteiger partial charge in [-0.3, -0.25) is 10.1 Å². The monoisotopic (exact) mass is 306 g/mol. The number of benzene rings is 1. The van der Waals surface area contributed by atoms with Gasteiger partial charge in [0, 0.05) is 25.2 Å². The second-order valence-electron chi connectivity index (χ2n) is 4.17. The molecular weight excluding hydrogens is 293 g/mol. The Balaban J connectivity index is 2.60. The highest BCUT2D eigenvalue weighted by atomic mass is 19.4. The molecule has 1 aromatic rings. The molecule has 0 bridgehead atoms. The second-order valence-corrected chi connectivity index (χ2v) is 4.17. The van der Waals surface area contributed by atoms with Crippen molar-refractivity contribution in [3.63, 3.8) is 0 Å². The minimum atomic E-state index is -4.64. The van der Waals surface area contributed by atoms with E-state index in [0.29, 0.717) is 5.56 Å². The lowest BCUT2D eigenvalue weighted by Crippen LogP contribution is -2.42. The highest BCUT2D eigenvalue weighted by Crippen LogP contribution is 2.26. The molecular formula is C11H13F3N4O3. The largest absolute Gasteiger partial charge is 0.409 e.